The number of hydrogen-bond donors (Lipinski definition) is 1. The fourth-order valence-electron chi connectivity index (χ4n) is 3.82. The summed E-state index contributed by atoms with van der Waals surface area (Å²) in [5.41, 5.74) is 6.31. The summed E-state index contributed by atoms with van der Waals surface area (Å²) in [7, 11) is 0. The van der Waals surface area contributed by atoms with E-state index in [1.165, 1.54) is 27.7 Å². The Morgan fingerprint density at radius 1 is 0.862 bits per heavy atom. The molecule has 1 heterocycles. The summed E-state index contributed by atoms with van der Waals surface area (Å²) in [6.45, 7) is 4.74. The molecule has 1 aromatic heterocycles. The Bertz CT molecular complexity index is 1110. The lowest BCUT2D eigenvalue weighted by Gasteiger charge is -2.11. The molecule has 0 amide bonds. The van der Waals surface area contributed by atoms with E-state index < -0.39 is 0 Å². The van der Waals surface area contributed by atoms with Crippen LogP contribution < -0.4 is 5.32 Å². The fraction of sp³-hybridized carbons (Fsp3) is 0.200. The molecule has 1 N–H and O–H groups in total. The zero-order valence-electron chi connectivity index (χ0n) is 16.5. The molecule has 29 heavy (non-hydrogen) atoms. The van der Waals surface area contributed by atoms with Crippen LogP contribution in [0.25, 0.3) is 10.9 Å². The first kappa shape index (κ1) is 20.0. The lowest BCUT2D eigenvalue weighted by atomic mass is 10.1. The van der Waals surface area contributed by atoms with Crippen molar-refractivity contribution in [3.8, 4) is 0 Å². The van der Waals surface area contributed by atoms with Crippen molar-refractivity contribution in [1.82, 2.24) is 9.88 Å². The van der Waals surface area contributed by atoms with E-state index in [9.17, 15) is 0 Å². The van der Waals surface area contributed by atoms with Crippen LogP contribution in [-0.2, 0) is 19.5 Å². The highest BCUT2D eigenvalue weighted by molar-refractivity contribution is 6.31. The van der Waals surface area contributed by atoms with Gasteiger partial charge in [-0.2, -0.15) is 0 Å². The van der Waals surface area contributed by atoms with Crippen molar-refractivity contribution in [2.45, 2.75) is 26.4 Å². The Morgan fingerprint density at radius 3 is 2.38 bits per heavy atom. The third-order valence-electron chi connectivity index (χ3n) is 5.45. The molecule has 0 spiro atoms. The standard InChI is InChI=1S/C25H24Cl2N2/c1-18-23(16-28-15-14-19-10-12-21(26)13-11-19)22-7-3-5-9-25(22)29(18)17-20-6-2-4-8-24(20)27/h2-13,28H,14-17H2,1H3. The zero-order chi connectivity index (χ0) is 20.2. The molecule has 0 saturated heterocycles. The fourth-order valence-corrected chi connectivity index (χ4v) is 4.15. The number of rotatable bonds is 7. The van der Waals surface area contributed by atoms with Crippen LogP contribution in [-0.4, -0.2) is 11.1 Å². The van der Waals surface area contributed by atoms with E-state index in [2.05, 4.69) is 59.3 Å². The number of nitrogens with one attached hydrogen (secondary N) is 1. The molecule has 3 aromatic carbocycles. The van der Waals surface area contributed by atoms with Crippen molar-refractivity contribution in [3.05, 3.63) is 105 Å². The Hall–Kier alpha value is -2.26. The SMILES string of the molecule is Cc1c(CNCCc2ccc(Cl)cc2)c2ccccc2n1Cc1ccccc1Cl. The highest BCUT2D eigenvalue weighted by atomic mass is 35.5. The number of para-hydroxylation sites is 1. The quantitative estimate of drug-likeness (QED) is 0.330. The molecule has 2 nitrogen and oxygen atoms in total. The highest BCUT2D eigenvalue weighted by Crippen LogP contribution is 2.28. The lowest BCUT2D eigenvalue weighted by Crippen LogP contribution is -2.17. The second kappa shape index (κ2) is 9.04. The summed E-state index contributed by atoms with van der Waals surface area (Å²) in [5, 5.41) is 6.51. The second-order valence-electron chi connectivity index (χ2n) is 7.31. The predicted molar refractivity (Wildman–Crippen MR) is 124 cm³/mol. The molecule has 0 aliphatic rings. The molecule has 0 fully saturated rings. The van der Waals surface area contributed by atoms with Crippen LogP contribution in [0.1, 0.15) is 22.4 Å². The van der Waals surface area contributed by atoms with Crippen molar-refractivity contribution >= 4 is 34.1 Å². The number of hydrogen-bond acceptors (Lipinski definition) is 1. The molecule has 4 rings (SSSR count). The largest absolute Gasteiger partial charge is 0.340 e. The van der Waals surface area contributed by atoms with Gasteiger partial charge in [-0.15, -0.1) is 0 Å². The minimum absolute atomic E-state index is 0.775. The topological polar surface area (TPSA) is 17.0 Å². The van der Waals surface area contributed by atoms with Gasteiger partial charge in [0.1, 0.15) is 0 Å². The van der Waals surface area contributed by atoms with Gasteiger partial charge in [0, 0.05) is 39.7 Å². The molecule has 0 radical (unpaired) electrons. The van der Waals surface area contributed by atoms with Crippen molar-refractivity contribution in [2.75, 3.05) is 6.54 Å². The van der Waals surface area contributed by atoms with Gasteiger partial charge < -0.3 is 9.88 Å². The third kappa shape index (κ3) is 4.51. The summed E-state index contributed by atoms with van der Waals surface area (Å²) in [5.74, 6) is 0. The van der Waals surface area contributed by atoms with Crippen LogP contribution in [0.5, 0.6) is 0 Å². The van der Waals surface area contributed by atoms with Gasteiger partial charge in [-0.05, 0) is 60.8 Å². The summed E-state index contributed by atoms with van der Waals surface area (Å²) in [6, 6.07) is 24.8. The van der Waals surface area contributed by atoms with Gasteiger partial charge in [-0.25, -0.2) is 0 Å². The van der Waals surface area contributed by atoms with Crippen molar-refractivity contribution in [3.63, 3.8) is 0 Å². The normalized spacial score (nSPS) is 11.3. The smallest absolute Gasteiger partial charge is 0.0493 e. The molecule has 0 aliphatic carbocycles. The monoisotopic (exact) mass is 422 g/mol. The molecule has 4 aromatic rings. The van der Waals surface area contributed by atoms with E-state index in [1.807, 2.05) is 30.3 Å². The highest BCUT2D eigenvalue weighted by Gasteiger charge is 2.14. The summed E-state index contributed by atoms with van der Waals surface area (Å²) >= 11 is 12.4. The number of fused-ring (bicyclic) bond motifs is 1. The first-order valence-electron chi connectivity index (χ1n) is 9.89. The molecule has 0 bridgehead atoms. The van der Waals surface area contributed by atoms with Gasteiger partial charge in [0.05, 0.1) is 0 Å². The van der Waals surface area contributed by atoms with Crippen LogP contribution in [0.2, 0.25) is 10.0 Å². The van der Waals surface area contributed by atoms with Crippen molar-refractivity contribution < 1.29 is 0 Å². The molecule has 148 valence electrons. The van der Waals surface area contributed by atoms with E-state index in [4.69, 9.17) is 23.2 Å². The average molecular weight is 423 g/mol. The molecular weight excluding hydrogens is 399 g/mol. The first-order valence-corrected chi connectivity index (χ1v) is 10.6. The zero-order valence-corrected chi connectivity index (χ0v) is 18.0. The third-order valence-corrected chi connectivity index (χ3v) is 6.07. The van der Waals surface area contributed by atoms with E-state index in [1.54, 1.807) is 0 Å². The minimum atomic E-state index is 0.775. The number of benzene rings is 3. The maximum absolute atomic E-state index is 6.42. The number of aromatic nitrogens is 1. The van der Waals surface area contributed by atoms with Crippen LogP contribution in [0.3, 0.4) is 0 Å². The number of nitrogens with zero attached hydrogens (tertiary/aromatic N) is 1. The Labute approximate surface area is 182 Å². The Morgan fingerprint density at radius 2 is 1.59 bits per heavy atom. The molecule has 0 aliphatic heterocycles. The predicted octanol–water partition coefficient (Wildman–Crippen LogP) is 6.64. The van der Waals surface area contributed by atoms with Crippen LogP contribution >= 0.6 is 23.2 Å². The summed E-state index contributed by atoms with van der Waals surface area (Å²) in [4.78, 5) is 0. The molecule has 4 heteroatoms. The van der Waals surface area contributed by atoms with Gasteiger partial charge in [0.2, 0.25) is 0 Å². The van der Waals surface area contributed by atoms with Crippen LogP contribution in [0.15, 0.2) is 72.8 Å². The van der Waals surface area contributed by atoms with Gasteiger partial charge in [-0.3, -0.25) is 0 Å². The van der Waals surface area contributed by atoms with Gasteiger partial charge >= 0.3 is 0 Å². The second-order valence-corrected chi connectivity index (χ2v) is 8.16. The van der Waals surface area contributed by atoms with Crippen molar-refractivity contribution in [1.29, 1.82) is 0 Å². The Balaban J connectivity index is 1.52. The van der Waals surface area contributed by atoms with E-state index >= 15 is 0 Å². The molecular formula is C25H24Cl2N2. The van der Waals surface area contributed by atoms with Crippen LogP contribution in [0, 0.1) is 6.92 Å². The maximum atomic E-state index is 6.42. The molecule has 0 saturated carbocycles. The average Bonchev–Trinajstić information content (AvgIpc) is 3.00. The van der Waals surface area contributed by atoms with E-state index in [0.717, 1.165) is 41.7 Å². The summed E-state index contributed by atoms with van der Waals surface area (Å²) in [6.07, 6.45) is 0.981. The molecule has 0 unspecified atom stereocenters. The number of halogens is 2. The van der Waals surface area contributed by atoms with E-state index in [0.29, 0.717) is 0 Å². The van der Waals surface area contributed by atoms with Gasteiger partial charge in [-0.1, -0.05) is 71.7 Å². The molecule has 0 atom stereocenters. The lowest BCUT2D eigenvalue weighted by molar-refractivity contribution is 0.681. The van der Waals surface area contributed by atoms with E-state index in [-0.39, 0.29) is 0 Å². The van der Waals surface area contributed by atoms with Gasteiger partial charge in [0.25, 0.3) is 0 Å². The first-order chi connectivity index (χ1) is 14.1. The minimum Gasteiger partial charge on any atom is -0.340 e. The van der Waals surface area contributed by atoms with Gasteiger partial charge in [0.15, 0.2) is 0 Å². The Kier molecular flexibility index (Phi) is 6.25. The maximum Gasteiger partial charge on any atom is 0.0493 e. The van der Waals surface area contributed by atoms with Crippen molar-refractivity contribution in [2.24, 2.45) is 0 Å². The summed E-state index contributed by atoms with van der Waals surface area (Å²) < 4.78 is 2.37. The van der Waals surface area contributed by atoms with Crippen LogP contribution in [0.4, 0.5) is 0 Å².